The molecule has 5 heteroatoms. The Morgan fingerprint density at radius 1 is 1.17 bits per heavy atom. The van der Waals surface area contributed by atoms with Crippen molar-refractivity contribution in [3.05, 3.63) is 29.8 Å². The molecule has 0 spiro atoms. The fraction of sp³-hybridized carbons (Fsp3) is 0.556. The third-order valence-corrected chi connectivity index (χ3v) is 4.21. The van der Waals surface area contributed by atoms with Gasteiger partial charge in [0.25, 0.3) is 5.91 Å². The molecule has 5 nitrogen and oxygen atoms in total. The number of hydrogen-bond acceptors (Lipinski definition) is 4. The first-order chi connectivity index (χ1) is 11.1. The van der Waals surface area contributed by atoms with Crippen LogP contribution >= 0.6 is 0 Å². The topological polar surface area (TPSA) is 55.8 Å². The Hall–Kier alpha value is -2.04. The molecule has 0 aliphatic carbocycles. The summed E-state index contributed by atoms with van der Waals surface area (Å²) in [6, 6.07) is 7.87. The number of hydrogen-bond donors (Lipinski definition) is 0. The van der Waals surface area contributed by atoms with E-state index in [1.54, 1.807) is 4.90 Å². The number of esters is 1. The van der Waals surface area contributed by atoms with E-state index in [-0.39, 0.29) is 24.4 Å². The molecule has 0 bridgehead atoms. The Morgan fingerprint density at radius 3 is 2.39 bits per heavy atom. The molecular weight excluding hydrogens is 294 g/mol. The van der Waals surface area contributed by atoms with E-state index >= 15 is 0 Å². The lowest BCUT2D eigenvalue weighted by atomic mass is 9.97. The highest BCUT2D eigenvalue weighted by Crippen LogP contribution is 2.19. The van der Waals surface area contributed by atoms with Crippen molar-refractivity contribution in [3.8, 4) is 5.75 Å². The van der Waals surface area contributed by atoms with Crippen molar-refractivity contribution in [3.63, 3.8) is 0 Å². The average Bonchev–Trinajstić information content (AvgIpc) is 2.60. The van der Waals surface area contributed by atoms with Gasteiger partial charge in [0.05, 0.1) is 13.0 Å². The molecule has 1 aromatic rings. The van der Waals surface area contributed by atoms with E-state index in [0.29, 0.717) is 31.7 Å². The molecule has 1 heterocycles. The number of likely N-dealkylation sites (tertiary alicyclic amines) is 1. The molecular formula is C18H25NO4. The highest BCUT2D eigenvalue weighted by molar-refractivity contribution is 5.78. The maximum Gasteiger partial charge on any atom is 0.308 e. The lowest BCUT2D eigenvalue weighted by molar-refractivity contribution is -0.149. The Labute approximate surface area is 137 Å². The van der Waals surface area contributed by atoms with Crippen LogP contribution in [-0.4, -0.2) is 43.6 Å². The third-order valence-electron chi connectivity index (χ3n) is 4.21. The Kier molecular flexibility index (Phi) is 6.44. The van der Waals surface area contributed by atoms with E-state index in [4.69, 9.17) is 9.47 Å². The zero-order valence-corrected chi connectivity index (χ0v) is 13.9. The van der Waals surface area contributed by atoms with Gasteiger partial charge >= 0.3 is 5.97 Å². The minimum Gasteiger partial charge on any atom is -0.484 e. The first-order valence-electron chi connectivity index (χ1n) is 8.21. The average molecular weight is 319 g/mol. The van der Waals surface area contributed by atoms with Gasteiger partial charge in [-0.2, -0.15) is 0 Å². The number of carbonyl (C=O) groups is 2. The Balaban J connectivity index is 1.76. The van der Waals surface area contributed by atoms with Gasteiger partial charge in [-0.25, -0.2) is 0 Å². The second kappa shape index (κ2) is 8.56. The van der Waals surface area contributed by atoms with E-state index in [1.807, 2.05) is 24.3 Å². The number of piperidine rings is 1. The summed E-state index contributed by atoms with van der Waals surface area (Å²) >= 11 is 0. The first-order valence-corrected chi connectivity index (χ1v) is 8.21. The standard InChI is InChI=1S/C18H25NO4/c1-3-4-14-5-7-16(8-6-14)23-13-17(20)19-11-9-15(10-12-19)18(21)22-2/h5-8,15H,3-4,9-13H2,1-2H3. The minimum atomic E-state index is -0.180. The molecule has 0 radical (unpaired) electrons. The quantitative estimate of drug-likeness (QED) is 0.756. The van der Waals surface area contributed by atoms with Gasteiger partial charge < -0.3 is 14.4 Å². The van der Waals surface area contributed by atoms with Gasteiger partial charge in [-0.1, -0.05) is 25.5 Å². The van der Waals surface area contributed by atoms with Gasteiger partial charge in [-0.3, -0.25) is 9.59 Å². The van der Waals surface area contributed by atoms with Gasteiger partial charge in [0.2, 0.25) is 0 Å². The van der Waals surface area contributed by atoms with Crippen LogP contribution in [-0.2, 0) is 20.7 Å². The van der Waals surface area contributed by atoms with Crippen molar-refractivity contribution in [2.24, 2.45) is 5.92 Å². The molecule has 1 aliphatic rings. The summed E-state index contributed by atoms with van der Waals surface area (Å²) in [4.78, 5) is 25.4. The largest absolute Gasteiger partial charge is 0.484 e. The van der Waals surface area contributed by atoms with Crippen LogP contribution in [0.5, 0.6) is 5.75 Å². The van der Waals surface area contributed by atoms with E-state index in [9.17, 15) is 9.59 Å². The summed E-state index contributed by atoms with van der Waals surface area (Å²) in [6.45, 7) is 3.34. The van der Waals surface area contributed by atoms with Crippen LogP contribution in [0.1, 0.15) is 31.7 Å². The predicted molar refractivity (Wildman–Crippen MR) is 87.3 cm³/mol. The van der Waals surface area contributed by atoms with Gasteiger partial charge in [0, 0.05) is 13.1 Å². The molecule has 0 aromatic heterocycles. The second-order valence-electron chi connectivity index (χ2n) is 5.86. The summed E-state index contributed by atoms with van der Waals surface area (Å²) in [5.74, 6) is 0.408. The summed E-state index contributed by atoms with van der Waals surface area (Å²) in [5.41, 5.74) is 1.27. The highest BCUT2D eigenvalue weighted by Gasteiger charge is 2.27. The van der Waals surface area contributed by atoms with Crippen molar-refractivity contribution in [1.29, 1.82) is 0 Å². The number of ether oxygens (including phenoxy) is 2. The molecule has 126 valence electrons. The van der Waals surface area contributed by atoms with Crippen molar-refractivity contribution < 1.29 is 19.1 Å². The maximum atomic E-state index is 12.2. The van der Waals surface area contributed by atoms with Crippen LogP contribution in [0.2, 0.25) is 0 Å². The Morgan fingerprint density at radius 2 is 1.83 bits per heavy atom. The zero-order valence-electron chi connectivity index (χ0n) is 13.9. The minimum absolute atomic E-state index is 0.0362. The fourth-order valence-electron chi connectivity index (χ4n) is 2.81. The molecule has 0 N–H and O–H groups in total. The molecule has 1 aliphatic heterocycles. The zero-order chi connectivity index (χ0) is 16.7. The van der Waals surface area contributed by atoms with Crippen molar-refractivity contribution in [2.45, 2.75) is 32.6 Å². The lowest BCUT2D eigenvalue weighted by Crippen LogP contribution is -2.42. The Bertz CT molecular complexity index is 518. The van der Waals surface area contributed by atoms with Crippen LogP contribution in [0.25, 0.3) is 0 Å². The number of nitrogens with zero attached hydrogens (tertiary/aromatic N) is 1. The predicted octanol–water partition coefficient (Wildman–Crippen LogP) is 2.43. The number of amides is 1. The number of rotatable bonds is 6. The fourth-order valence-corrected chi connectivity index (χ4v) is 2.81. The second-order valence-corrected chi connectivity index (χ2v) is 5.86. The number of benzene rings is 1. The smallest absolute Gasteiger partial charge is 0.308 e. The van der Waals surface area contributed by atoms with Crippen molar-refractivity contribution in [2.75, 3.05) is 26.8 Å². The maximum absolute atomic E-state index is 12.2. The highest BCUT2D eigenvalue weighted by atomic mass is 16.5. The lowest BCUT2D eigenvalue weighted by Gasteiger charge is -2.30. The molecule has 0 atom stereocenters. The molecule has 23 heavy (non-hydrogen) atoms. The third kappa shape index (κ3) is 4.98. The van der Waals surface area contributed by atoms with E-state index < -0.39 is 0 Å². The normalized spacial score (nSPS) is 15.3. The van der Waals surface area contributed by atoms with E-state index in [0.717, 1.165) is 12.8 Å². The van der Waals surface area contributed by atoms with Gasteiger partial charge in [-0.15, -0.1) is 0 Å². The van der Waals surface area contributed by atoms with Gasteiger partial charge in [0.15, 0.2) is 6.61 Å². The van der Waals surface area contributed by atoms with Gasteiger partial charge in [0.1, 0.15) is 5.75 Å². The van der Waals surface area contributed by atoms with Crippen LogP contribution in [0.15, 0.2) is 24.3 Å². The van der Waals surface area contributed by atoms with E-state index in [2.05, 4.69) is 6.92 Å². The van der Waals surface area contributed by atoms with E-state index in [1.165, 1.54) is 12.7 Å². The summed E-state index contributed by atoms with van der Waals surface area (Å²) < 4.78 is 10.3. The van der Waals surface area contributed by atoms with Crippen LogP contribution in [0, 0.1) is 5.92 Å². The van der Waals surface area contributed by atoms with Crippen LogP contribution < -0.4 is 4.74 Å². The summed E-state index contributed by atoms with van der Waals surface area (Å²) in [7, 11) is 1.40. The number of aryl methyl sites for hydroxylation is 1. The van der Waals surface area contributed by atoms with Crippen LogP contribution in [0.3, 0.4) is 0 Å². The molecule has 1 amide bonds. The molecule has 1 fully saturated rings. The summed E-state index contributed by atoms with van der Waals surface area (Å²) in [6.07, 6.45) is 3.48. The molecule has 0 saturated carbocycles. The molecule has 1 saturated heterocycles. The number of carbonyl (C=O) groups excluding carboxylic acids is 2. The monoisotopic (exact) mass is 319 g/mol. The van der Waals surface area contributed by atoms with Crippen molar-refractivity contribution >= 4 is 11.9 Å². The molecule has 0 unspecified atom stereocenters. The van der Waals surface area contributed by atoms with Crippen LogP contribution in [0.4, 0.5) is 0 Å². The summed E-state index contributed by atoms with van der Waals surface area (Å²) in [5, 5.41) is 0. The number of methoxy groups -OCH3 is 1. The molecule has 2 rings (SSSR count). The molecule has 1 aromatic carbocycles. The van der Waals surface area contributed by atoms with Gasteiger partial charge in [-0.05, 0) is 37.0 Å². The SMILES string of the molecule is CCCc1ccc(OCC(=O)N2CCC(C(=O)OC)CC2)cc1. The first kappa shape index (κ1) is 17.3. The van der Waals surface area contributed by atoms with Crippen molar-refractivity contribution in [1.82, 2.24) is 4.90 Å².